The quantitative estimate of drug-likeness (QED) is 0.749. The number of amides is 1. The van der Waals surface area contributed by atoms with Gasteiger partial charge in [-0.05, 0) is 50.0 Å². The van der Waals surface area contributed by atoms with E-state index in [0.29, 0.717) is 0 Å². The van der Waals surface area contributed by atoms with E-state index in [-0.39, 0.29) is 11.8 Å². The number of carbonyl (C=O) groups excluding carboxylic acids is 1. The number of pyridine rings is 1. The summed E-state index contributed by atoms with van der Waals surface area (Å²) >= 11 is 2.11. The van der Waals surface area contributed by atoms with E-state index >= 15 is 0 Å². The molecule has 0 bridgehead atoms. The van der Waals surface area contributed by atoms with Gasteiger partial charge in [-0.3, -0.25) is 4.79 Å². The average molecular weight is 362 g/mol. The second-order valence-electron chi connectivity index (χ2n) is 7.25. The predicted molar refractivity (Wildman–Crippen MR) is 106 cm³/mol. The van der Waals surface area contributed by atoms with Gasteiger partial charge in [0, 0.05) is 31.1 Å². The lowest BCUT2D eigenvalue weighted by Crippen LogP contribution is -2.43. The van der Waals surface area contributed by atoms with Crippen LogP contribution in [0.4, 0.5) is 5.82 Å². The third-order valence-corrected chi connectivity index (χ3v) is 6.76. The Labute approximate surface area is 156 Å². The minimum atomic E-state index is 0.0988. The van der Waals surface area contributed by atoms with Crippen molar-refractivity contribution in [2.45, 2.75) is 56.6 Å². The van der Waals surface area contributed by atoms with Gasteiger partial charge in [-0.25, -0.2) is 4.98 Å². The van der Waals surface area contributed by atoms with Gasteiger partial charge in [0.05, 0.1) is 5.92 Å². The van der Waals surface area contributed by atoms with Crippen molar-refractivity contribution in [2.24, 2.45) is 5.92 Å². The van der Waals surface area contributed by atoms with Gasteiger partial charge in [0.25, 0.3) is 0 Å². The number of nitrogens with one attached hydrogen (secondary N) is 1. The van der Waals surface area contributed by atoms with Crippen molar-refractivity contribution in [1.29, 1.82) is 0 Å². The molecule has 1 aliphatic heterocycles. The fraction of sp³-hybridized carbons (Fsp3) is 0.700. The van der Waals surface area contributed by atoms with Gasteiger partial charge in [-0.15, -0.1) is 0 Å². The molecule has 2 fully saturated rings. The largest absolute Gasteiger partial charge is 0.356 e. The lowest BCUT2D eigenvalue weighted by molar-refractivity contribution is -0.125. The number of carbonyl (C=O) groups is 1. The maximum atomic E-state index is 12.5. The van der Waals surface area contributed by atoms with Crippen molar-refractivity contribution in [3.63, 3.8) is 0 Å². The normalized spacial score (nSPS) is 21.9. The van der Waals surface area contributed by atoms with Gasteiger partial charge in [-0.1, -0.05) is 25.3 Å². The predicted octanol–water partition coefficient (Wildman–Crippen LogP) is 3.87. The SMILES string of the molecule is O=C(NCCCSC1CCCCC1)C1CCCN(c2ccccn2)C1. The standard InChI is InChI=1S/C20H31N3OS/c24-20(22-13-7-15-25-18-9-2-1-3-10-18)17-8-6-14-23(16-17)19-11-4-5-12-21-19/h4-5,11-12,17-18H,1-3,6-10,13-16H2,(H,22,24). The molecule has 1 aromatic heterocycles. The summed E-state index contributed by atoms with van der Waals surface area (Å²) in [5.74, 6) is 2.49. The van der Waals surface area contributed by atoms with E-state index in [2.05, 4.69) is 27.0 Å². The second-order valence-corrected chi connectivity index (χ2v) is 8.66. The molecule has 1 unspecified atom stereocenters. The van der Waals surface area contributed by atoms with Crippen LogP contribution < -0.4 is 10.2 Å². The smallest absolute Gasteiger partial charge is 0.224 e. The first-order valence-corrected chi connectivity index (χ1v) is 10.9. The average Bonchev–Trinajstić information content (AvgIpc) is 2.69. The molecular weight excluding hydrogens is 330 g/mol. The van der Waals surface area contributed by atoms with Crippen LogP contribution >= 0.6 is 11.8 Å². The third-order valence-electron chi connectivity index (χ3n) is 5.29. The minimum Gasteiger partial charge on any atom is -0.356 e. The molecule has 2 aliphatic rings. The molecule has 1 aromatic rings. The Morgan fingerprint density at radius 2 is 2.08 bits per heavy atom. The van der Waals surface area contributed by atoms with E-state index in [1.807, 2.05) is 24.4 Å². The van der Waals surface area contributed by atoms with E-state index in [1.54, 1.807) is 0 Å². The molecule has 5 heteroatoms. The van der Waals surface area contributed by atoms with Crippen molar-refractivity contribution in [3.8, 4) is 0 Å². The molecule has 1 N–H and O–H groups in total. The minimum absolute atomic E-state index is 0.0988. The summed E-state index contributed by atoms with van der Waals surface area (Å²) in [6.07, 6.45) is 12.0. The van der Waals surface area contributed by atoms with Gasteiger partial charge in [0.1, 0.15) is 5.82 Å². The van der Waals surface area contributed by atoms with Gasteiger partial charge in [0.2, 0.25) is 5.91 Å². The molecule has 1 saturated heterocycles. The Kier molecular flexibility index (Phi) is 7.46. The number of hydrogen-bond donors (Lipinski definition) is 1. The molecule has 1 aliphatic carbocycles. The number of aromatic nitrogens is 1. The highest BCUT2D eigenvalue weighted by Crippen LogP contribution is 2.28. The zero-order chi connectivity index (χ0) is 17.3. The molecule has 0 spiro atoms. The highest BCUT2D eigenvalue weighted by atomic mass is 32.2. The summed E-state index contributed by atoms with van der Waals surface area (Å²) in [5, 5.41) is 4.03. The fourth-order valence-electron chi connectivity index (χ4n) is 3.85. The molecule has 1 atom stereocenters. The molecule has 1 amide bonds. The van der Waals surface area contributed by atoms with E-state index in [0.717, 1.165) is 50.0 Å². The van der Waals surface area contributed by atoms with Crippen LogP contribution in [-0.2, 0) is 4.79 Å². The summed E-state index contributed by atoms with van der Waals surface area (Å²) in [6, 6.07) is 5.97. The maximum absolute atomic E-state index is 12.5. The first-order chi connectivity index (χ1) is 12.3. The Morgan fingerprint density at radius 1 is 1.20 bits per heavy atom. The Hall–Kier alpha value is -1.23. The summed E-state index contributed by atoms with van der Waals surface area (Å²) < 4.78 is 0. The molecule has 1 saturated carbocycles. The van der Waals surface area contributed by atoms with Crippen molar-refractivity contribution in [1.82, 2.24) is 10.3 Å². The van der Waals surface area contributed by atoms with Crippen LogP contribution in [-0.4, -0.2) is 41.5 Å². The molecule has 0 radical (unpaired) electrons. The summed E-state index contributed by atoms with van der Waals surface area (Å²) in [5.41, 5.74) is 0. The Morgan fingerprint density at radius 3 is 2.88 bits per heavy atom. The zero-order valence-electron chi connectivity index (χ0n) is 15.2. The molecule has 3 rings (SSSR count). The number of piperidine rings is 1. The van der Waals surface area contributed by atoms with Crippen molar-refractivity contribution < 1.29 is 4.79 Å². The van der Waals surface area contributed by atoms with Gasteiger partial charge in [0.15, 0.2) is 0 Å². The van der Waals surface area contributed by atoms with Crippen molar-refractivity contribution in [2.75, 3.05) is 30.3 Å². The van der Waals surface area contributed by atoms with Crippen LogP contribution in [0.5, 0.6) is 0 Å². The zero-order valence-corrected chi connectivity index (χ0v) is 16.0. The van der Waals surface area contributed by atoms with Crippen LogP contribution in [0.15, 0.2) is 24.4 Å². The number of thioether (sulfide) groups is 1. The van der Waals surface area contributed by atoms with E-state index < -0.39 is 0 Å². The number of nitrogens with zero attached hydrogens (tertiary/aromatic N) is 2. The monoisotopic (exact) mass is 361 g/mol. The Bertz CT molecular complexity index is 519. The van der Waals surface area contributed by atoms with E-state index in [1.165, 1.54) is 37.9 Å². The van der Waals surface area contributed by atoms with Gasteiger partial charge >= 0.3 is 0 Å². The first-order valence-electron chi connectivity index (χ1n) is 9.88. The van der Waals surface area contributed by atoms with Crippen LogP contribution in [0.3, 0.4) is 0 Å². The van der Waals surface area contributed by atoms with Gasteiger partial charge in [-0.2, -0.15) is 11.8 Å². The van der Waals surface area contributed by atoms with Crippen LogP contribution in [0.1, 0.15) is 51.4 Å². The summed E-state index contributed by atoms with van der Waals surface area (Å²) in [6.45, 7) is 2.61. The van der Waals surface area contributed by atoms with Crippen molar-refractivity contribution in [3.05, 3.63) is 24.4 Å². The second kappa shape index (κ2) is 10.0. The third kappa shape index (κ3) is 5.91. The van der Waals surface area contributed by atoms with Crippen LogP contribution in [0.25, 0.3) is 0 Å². The summed E-state index contributed by atoms with van der Waals surface area (Å²) in [4.78, 5) is 19.1. The number of rotatable bonds is 7. The maximum Gasteiger partial charge on any atom is 0.224 e. The van der Waals surface area contributed by atoms with E-state index in [4.69, 9.17) is 0 Å². The molecule has 2 heterocycles. The summed E-state index contributed by atoms with van der Waals surface area (Å²) in [7, 11) is 0. The Balaban J connectivity index is 1.33. The van der Waals surface area contributed by atoms with Crippen LogP contribution in [0.2, 0.25) is 0 Å². The van der Waals surface area contributed by atoms with Crippen LogP contribution in [0, 0.1) is 5.92 Å². The molecule has 138 valence electrons. The first kappa shape index (κ1) is 18.6. The highest BCUT2D eigenvalue weighted by Gasteiger charge is 2.26. The van der Waals surface area contributed by atoms with Gasteiger partial charge < -0.3 is 10.2 Å². The molecular formula is C20H31N3OS. The van der Waals surface area contributed by atoms with E-state index in [9.17, 15) is 4.79 Å². The topological polar surface area (TPSA) is 45.2 Å². The lowest BCUT2D eigenvalue weighted by Gasteiger charge is -2.32. The number of hydrogen-bond acceptors (Lipinski definition) is 4. The highest BCUT2D eigenvalue weighted by molar-refractivity contribution is 7.99. The molecule has 0 aromatic carbocycles. The lowest BCUT2D eigenvalue weighted by atomic mass is 9.97. The fourth-order valence-corrected chi connectivity index (χ4v) is 5.16. The number of anilines is 1. The van der Waals surface area contributed by atoms with Crippen molar-refractivity contribution >= 4 is 23.5 Å². The molecule has 25 heavy (non-hydrogen) atoms. The molecule has 4 nitrogen and oxygen atoms in total.